The Labute approximate surface area is 187 Å². The number of benzene rings is 3. The van der Waals surface area contributed by atoms with Crippen LogP contribution in [0.4, 0.5) is 0 Å². The van der Waals surface area contributed by atoms with Crippen molar-refractivity contribution < 1.29 is 19.4 Å². The molecule has 2 N–H and O–H groups in total. The maximum Gasteiger partial charge on any atom is 0.352 e. The fourth-order valence-electron chi connectivity index (χ4n) is 2.86. The summed E-state index contributed by atoms with van der Waals surface area (Å²) in [5, 5.41) is 11.9. The average molecular weight is 425 g/mol. The molecule has 3 aromatic rings. The van der Waals surface area contributed by atoms with Crippen LogP contribution in [0.25, 0.3) is 11.6 Å². The van der Waals surface area contributed by atoms with Gasteiger partial charge >= 0.3 is 5.97 Å². The van der Waals surface area contributed by atoms with E-state index in [-0.39, 0.29) is 5.70 Å². The van der Waals surface area contributed by atoms with E-state index in [0.29, 0.717) is 23.5 Å². The number of hydrogen-bond acceptors (Lipinski definition) is 3. The van der Waals surface area contributed by atoms with Crippen molar-refractivity contribution in [2.75, 3.05) is 0 Å². The first-order chi connectivity index (χ1) is 15.5. The molecule has 3 rings (SSSR count). The van der Waals surface area contributed by atoms with Crippen molar-refractivity contribution in [2.24, 2.45) is 0 Å². The molecular weight excluding hydrogens is 402 g/mol. The van der Waals surface area contributed by atoms with Gasteiger partial charge in [-0.15, -0.1) is 0 Å². The number of amides is 1. The lowest BCUT2D eigenvalue weighted by Crippen LogP contribution is -2.27. The number of carboxylic acids is 1. The van der Waals surface area contributed by atoms with Crippen LogP contribution in [0, 0.1) is 0 Å². The van der Waals surface area contributed by atoms with Gasteiger partial charge in [-0.25, -0.2) is 4.79 Å². The van der Waals surface area contributed by atoms with Gasteiger partial charge in [0, 0.05) is 5.56 Å². The highest BCUT2D eigenvalue weighted by atomic mass is 16.5. The van der Waals surface area contributed by atoms with Gasteiger partial charge in [0.05, 0.1) is 0 Å². The minimum Gasteiger partial charge on any atom is -0.489 e. The largest absolute Gasteiger partial charge is 0.489 e. The van der Waals surface area contributed by atoms with Crippen LogP contribution in [0.5, 0.6) is 5.75 Å². The Morgan fingerprint density at radius 3 is 2.16 bits per heavy atom. The predicted molar refractivity (Wildman–Crippen MR) is 126 cm³/mol. The van der Waals surface area contributed by atoms with Crippen LogP contribution in [-0.2, 0) is 11.4 Å². The van der Waals surface area contributed by atoms with Crippen LogP contribution in [0.3, 0.4) is 0 Å². The summed E-state index contributed by atoms with van der Waals surface area (Å²) in [5.41, 5.74) is 3.66. The number of aliphatic carboxylic acids is 1. The zero-order chi connectivity index (χ0) is 22.9. The van der Waals surface area contributed by atoms with Crippen molar-refractivity contribution in [3.05, 3.63) is 126 Å². The molecule has 0 aliphatic carbocycles. The van der Waals surface area contributed by atoms with Crippen LogP contribution in [0.15, 0.2) is 104 Å². The third-order valence-corrected chi connectivity index (χ3v) is 4.68. The lowest BCUT2D eigenvalue weighted by Gasteiger charge is -2.09. The average Bonchev–Trinajstić information content (AvgIpc) is 2.83. The normalized spacial score (nSPS) is 10.8. The van der Waals surface area contributed by atoms with Gasteiger partial charge in [0.1, 0.15) is 18.1 Å². The van der Waals surface area contributed by atoms with Crippen molar-refractivity contribution in [1.82, 2.24) is 5.32 Å². The second-order valence-electron chi connectivity index (χ2n) is 6.97. The van der Waals surface area contributed by atoms with Crippen LogP contribution in [-0.4, -0.2) is 17.0 Å². The van der Waals surface area contributed by atoms with Crippen molar-refractivity contribution in [2.45, 2.75) is 6.61 Å². The molecule has 0 spiro atoms. The van der Waals surface area contributed by atoms with E-state index < -0.39 is 11.9 Å². The summed E-state index contributed by atoms with van der Waals surface area (Å²) >= 11 is 0. The molecule has 0 atom stereocenters. The lowest BCUT2D eigenvalue weighted by atomic mass is 10.1. The molecule has 0 fully saturated rings. The van der Waals surface area contributed by atoms with Crippen LogP contribution in [0.1, 0.15) is 27.0 Å². The van der Waals surface area contributed by atoms with Crippen molar-refractivity contribution in [1.29, 1.82) is 0 Å². The molecule has 3 aromatic carbocycles. The van der Waals surface area contributed by atoms with Gasteiger partial charge in [-0.1, -0.05) is 73.8 Å². The SMILES string of the molecule is C=CC(=C)c1ccc(COc2ccc(C=C(NC(=O)c3ccccc3)C(=O)O)cc2)cc1. The highest BCUT2D eigenvalue weighted by molar-refractivity contribution is 6.02. The van der Waals surface area contributed by atoms with E-state index in [1.807, 2.05) is 24.3 Å². The summed E-state index contributed by atoms with van der Waals surface area (Å²) in [4.78, 5) is 23.8. The minimum atomic E-state index is -1.22. The zero-order valence-electron chi connectivity index (χ0n) is 17.5. The van der Waals surface area contributed by atoms with Gasteiger partial charge in [0.15, 0.2) is 0 Å². The number of allylic oxidation sites excluding steroid dienone is 2. The topological polar surface area (TPSA) is 75.6 Å². The number of hydrogen-bond donors (Lipinski definition) is 2. The monoisotopic (exact) mass is 425 g/mol. The van der Waals surface area contributed by atoms with Gasteiger partial charge in [-0.3, -0.25) is 4.79 Å². The summed E-state index contributed by atoms with van der Waals surface area (Å²) in [6.45, 7) is 8.03. The molecule has 0 radical (unpaired) electrons. The number of carbonyl (C=O) groups excluding carboxylic acids is 1. The van der Waals surface area contributed by atoms with E-state index in [9.17, 15) is 14.7 Å². The smallest absolute Gasteiger partial charge is 0.352 e. The Balaban J connectivity index is 1.63. The third kappa shape index (κ3) is 6.06. The summed E-state index contributed by atoms with van der Waals surface area (Å²) in [5.74, 6) is -1.06. The minimum absolute atomic E-state index is 0.214. The first-order valence-electron chi connectivity index (χ1n) is 9.91. The number of rotatable bonds is 9. The van der Waals surface area contributed by atoms with E-state index in [1.54, 1.807) is 60.7 Å². The van der Waals surface area contributed by atoms with E-state index in [2.05, 4.69) is 18.5 Å². The van der Waals surface area contributed by atoms with Gasteiger partial charge in [-0.05, 0) is 52.6 Å². The quantitative estimate of drug-likeness (QED) is 0.359. The van der Waals surface area contributed by atoms with Crippen LogP contribution < -0.4 is 10.1 Å². The molecule has 5 nitrogen and oxygen atoms in total. The highest BCUT2D eigenvalue weighted by Crippen LogP contribution is 2.18. The molecule has 0 bridgehead atoms. The molecule has 0 aliphatic rings. The molecule has 0 saturated heterocycles. The maximum absolute atomic E-state index is 12.3. The first-order valence-corrected chi connectivity index (χ1v) is 9.91. The van der Waals surface area contributed by atoms with Crippen LogP contribution >= 0.6 is 0 Å². The fraction of sp³-hybridized carbons (Fsp3) is 0.0370. The number of ether oxygens (including phenoxy) is 1. The fourth-order valence-corrected chi connectivity index (χ4v) is 2.86. The second kappa shape index (κ2) is 10.6. The Kier molecular flexibility index (Phi) is 7.38. The van der Waals surface area contributed by atoms with Gasteiger partial charge in [0.2, 0.25) is 0 Å². The van der Waals surface area contributed by atoms with Gasteiger partial charge in [-0.2, -0.15) is 0 Å². The maximum atomic E-state index is 12.3. The molecule has 0 aromatic heterocycles. The highest BCUT2D eigenvalue weighted by Gasteiger charge is 2.13. The number of nitrogens with one attached hydrogen (secondary N) is 1. The molecule has 0 heterocycles. The summed E-state index contributed by atoms with van der Waals surface area (Å²) in [6, 6.07) is 23.3. The molecule has 5 heteroatoms. The van der Waals surface area contributed by atoms with Crippen molar-refractivity contribution in [3.63, 3.8) is 0 Å². The van der Waals surface area contributed by atoms with Gasteiger partial charge in [0.25, 0.3) is 5.91 Å². The van der Waals surface area contributed by atoms with Crippen molar-refractivity contribution >= 4 is 23.5 Å². The number of carboxylic acid groups (broad SMARTS) is 1. The molecule has 32 heavy (non-hydrogen) atoms. The molecule has 0 unspecified atom stereocenters. The Hall–Kier alpha value is -4.38. The second-order valence-corrected chi connectivity index (χ2v) is 6.97. The number of carbonyl (C=O) groups is 2. The standard InChI is InChI=1S/C27H23NO4/c1-3-19(2)22-13-9-21(10-14-22)18-32-24-15-11-20(12-16-24)17-25(27(30)31)28-26(29)23-7-5-4-6-8-23/h3-17H,1-2,18H2,(H,28,29)(H,30,31). The summed E-state index contributed by atoms with van der Waals surface area (Å²) < 4.78 is 5.80. The van der Waals surface area contributed by atoms with E-state index in [0.717, 1.165) is 16.7 Å². The third-order valence-electron chi connectivity index (χ3n) is 4.68. The predicted octanol–water partition coefficient (Wildman–Crippen LogP) is 5.32. The Morgan fingerprint density at radius 2 is 1.56 bits per heavy atom. The van der Waals surface area contributed by atoms with Gasteiger partial charge < -0.3 is 15.2 Å². The zero-order valence-corrected chi connectivity index (χ0v) is 17.5. The molecule has 0 aliphatic heterocycles. The molecule has 160 valence electrons. The Morgan fingerprint density at radius 1 is 0.906 bits per heavy atom. The lowest BCUT2D eigenvalue weighted by molar-refractivity contribution is -0.132. The van der Waals surface area contributed by atoms with Crippen molar-refractivity contribution in [3.8, 4) is 5.75 Å². The summed E-state index contributed by atoms with van der Waals surface area (Å²) in [7, 11) is 0. The van der Waals surface area contributed by atoms with E-state index in [4.69, 9.17) is 4.74 Å². The summed E-state index contributed by atoms with van der Waals surface area (Å²) in [6.07, 6.45) is 3.11. The van der Waals surface area contributed by atoms with E-state index in [1.165, 1.54) is 6.08 Å². The molecule has 1 amide bonds. The van der Waals surface area contributed by atoms with E-state index >= 15 is 0 Å². The van der Waals surface area contributed by atoms with Crippen LogP contribution in [0.2, 0.25) is 0 Å². The first kappa shape index (κ1) is 22.3. The Bertz CT molecular complexity index is 1140. The molecule has 0 saturated carbocycles. The molecular formula is C27H23NO4.